The average Bonchev–Trinajstić information content (AvgIpc) is 2.14. The zero-order chi connectivity index (χ0) is 10.3. The van der Waals surface area contributed by atoms with Gasteiger partial charge in [-0.1, -0.05) is 27.2 Å². The minimum atomic E-state index is 0.0231. The molecule has 0 amide bonds. The number of nitrogens with one attached hydrogen (secondary N) is 1. The molecule has 0 aliphatic heterocycles. The molecule has 0 aromatic rings. The molecule has 76 valence electrons. The van der Waals surface area contributed by atoms with Crippen LogP contribution in [-0.2, 0) is 0 Å². The van der Waals surface area contributed by atoms with Crippen LogP contribution in [0.4, 0.5) is 0 Å². The lowest BCUT2D eigenvalue weighted by atomic mass is 9.97. The summed E-state index contributed by atoms with van der Waals surface area (Å²) >= 11 is 0. The van der Waals surface area contributed by atoms with E-state index in [0.29, 0.717) is 12.0 Å². The Morgan fingerprint density at radius 1 is 1.31 bits per heavy atom. The van der Waals surface area contributed by atoms with Gasteiger partial charge in [0.1, 0.15) is 0 Å². The largest absolute Gasteiger partial charge is 0.299 e. The lowest BCUT2D eigenvalue weighted by molar-refractivity contribution is 0.375. The van der Waals surface area contributed by atoms with Crippen LogP contribution in [0.25, 0.3) is 0 Å². The first-order chi connectivity index (χ1) is 6.15. The molecule has 0 radical (unpaired) electrons. The maximum absolute atomic E-state index is 8.95. The van der Waals surface area contributed by atoms with Gasteiger partial charge in [0, 0.05) is 6.04 Å². The van der Waals surface area contributed by atoms with Crippen LogP contribution in [0.5, 0.6) is 0 Å². The molecule has 0 aromatic carbocycles. The van der Waals surface area contributed by atoms with Crippen molar-refractivity contribution in [1.82, 2.24) is 5.32 Å². The van der Waals surface area contributed by atoms with Crippen LogP contribution >= 0.6 is 0 Å². The molecular formula is C11H22N2. The molecular weight excluding hydrogens is 160 g/mol. The number of hydrogen-bond acceptors (Lipinski definition) is 2. The van der Waals surface area contributed by atoms with Crippen LogP contribution < -0.4 is 5.32 Å². The SMILES string of the molecule is CCCC(C)C(C#N)NC(C)CC. The zero-order valence-corrected chi connectivity index (χ0v) is 9.30. The smallest absolute Gasteiger partial charge is 0.0980 e. The van der Waals surface area contributed by atoms with E-state index in [2.05, 4.69) is 39.1 Å². The van der Waals surface area contributed by atoms with Crippen LogP contribution in [0, 0.1) is 17.2 Å². The van der Waals surface area contributed by atoms with Crippen molar-refractivity contribution in [2.45, 2.75) is 59.0 Å². The molecule has 0 rings (SSSR count). The van der Waals surface area contributed by atoms with Crippen molar-refractivity contribution in [2.24, 2.45) is 5.92 Å². The Morgan fingerprint density at radius 2 is 1.92 bits per heavy atom. The van der Waals surface area contributed by atoms with E-state index in [1.165, 1.54) is 0 Å². The molecule has 0 saturated heterocycles. The van der Waals surface area contributed by atoms with Gasteiger partial charge in [-0.05, 0) is 25.7 Å². The molecule has 2 heteroatoms. The van der Waals surface area contributed by atoms with E-state index < -0.39 is 0 Å². The molecule has 3 unspecified atom stereocenters. The van der Waals surface area contributed by atoms with Gasteiger partial charge in [-0.25, -0.2) is 0 Å². The highest BCUT2D eigenvalue weighted by Crippen LogP contribution is 2.10. The maximum atomic E-state index is 8.95. The van der Waals surface area contributed by atoms with E-state index in [-0.39, 0.29) is 6.04 Å². The third-order valence-electron chi connectivity index (χ3n) is 2.53. The molecule has 2 nitrogen and oxygen atoms in total. The minimum Gasteiger partial charge on any atom is -0.299 e. The Morgan fingerprint density at radius 3 is 2.31 bits per heavy atom. The van der Waals surface area contributed by atoms with Crippen molar-refractivity contribution >= 4 is 0 Å². The summed E-state index contributed by atoms with van der Waals surface area (Å²) in [4.78, 5) is 0. The van der Waals surface area contributed by atoms with Gasteiger partial charge < -0.3 is 0 Å². The van der Waals surface area contributed by atoms with Gasteiger partial charge in [0.05, 0.1) is 12.1 Å². The van der Waals surface area contributed by atoms with Crippen LogP contribution in [0.2, 0.25) is 0 Å². The third-order valence-corrected chi connectivity index (χ3v) is 2.53. The first kappa shape index (κ1) is 12.4. The van der Waals surface area contributed by atoms with E-state index in [9.17, 15) is 0 Å². The molecule has 13 heavy (non-hydrogen) atoms. The van der Waals surface area contributed by atoms with Crippen molar-refractivity contribution < 1.29 is 0 Å². The monoisotopic (exact) mass is 182 g/mol. The molecule has 3 atom stereocenters. The highest BCUT2D eigenvalue weighted by molar-refractivity contribution is 4.94. The van der Waals surface area contributed by atoms with Crippen molar-refractivity contribution in [3.63, 3.8) is 0 Å². The van der Waals surface area contributed by atoms with E-state index in [1.54, 1.807) is 0 Å². The van der Waals surface area contributed by atoms with Crippen molar-refractivity contribution in [1.29, 1.82) is 5.26 Å². The van der Waals surface area contributed by atoms with Crippen LogP contribution in [0.15, 0.2) is 0 Å². The lowest BCUT2D eigenvalue weighted by Crippen LogP contribution is -2.39. The summed E-state index contributed by atoms with van der Waals surface area (Å²) in [5, 5.41) is 12.3. The molecule has 0 saturated carbocycles. The second kappa shape index (κ2) is 6.91. The number of rotatable bonds is 6. The summed E-state index contributed by atoms with van der Waals surface area (Å²) in [6.45, 7) is 8.57. The van der Waals surface area contributed by atoms with E-state index >= 15 is 0 Å². The van der Waals surface area contributed by atoms with Crippen molar-refractivity contribution in [2.75, 3.05) is 0 Å². The molecule has 0 heterocycles. The fraction of sp³-hybridized carbons (Fsp3) is 0.909. The molecule has 0 fully saturated rings. The van der Waals surface area contributed by atoms with E-state index in [1.807, 2.05) is 0 Å². The fourth-order valence-corrected chi connectivity index (χ4v) is 1.38. The fourth-order valence-electron chi connectivity index (χ4n) is 1.38. The van der Waals surface area contributed by atoms with E-state index in [0.717, 1.165) is 19.3 Å². The number of hydrogen-bond donors (Lipinski definition) is 1. The summed E-state index contributed by atoms with van der Waals surface area (Å²) in [7, 11) is 0. The second-order valence-corrected chi connectivity index (χ2v) is 3.85. The zero-order valence-electron chi connectivity index (χ0n) is 9.30. The number of nitrogens with zero attached hydrogens (tertiary/aromatic N) is 1. The van der Waals surface area contributed by atoms with Gasteiger partial charge in [-0.3, -0.25) is 5.32 Å². The Kier molecular flexibility index (Phi) is 6.62. The standard InChI is InChI=1S/C11H22N2/c1-5-7-9(3)11(8-12)13-10(4)6-2/h9-11,13H,5-7H2,1-4H3. The summed E-state index contributed by atoms with van der Waals surface area (Å²) < 4.78 is 0. The van der Waals surface area contributed by atoms with E-state index in [4.69, 9.17) is 5.26 Å². The van der Waals surface area contributed by atoms with Gasteiger partial charge >= 0.3 is 0 Å². The van der Waals surface area contributed by atoms with Crippen LogP contribution in [0.1, 0.15) is 47.0 Å². The first-order valence-corrected chi connectivity index (χ1v) is 5.31. The minimum absolute atomic E-state index is 0.0231. The van der Waals surface area contributed by atoms with Gasteiger partial charge in [0.15, 0.2) is 0 Å². The van der Waals surface area contributed by atoms with Crippen LogP contribution in [0.3, 0.4) is 0 Å². The highest BCUT2D eigenvalue weighted by Gasteiger charge is 2.16. The lowest BCUT2D eigenvalue weighted by Gasteiger charge is -2.21. The predicted molar refractivity (Wildman–Crippen MR) is 56.4 cm³/mol. The molecule has 0 aromatic heterocycles. The maximum Gasteiger partial charge on any atom is 0.0980 e. The number of nitriles is 1. The second-order valence-electron chi connectivity index (χ2n) is 3.85. The summed E-state index contributed by atoms with van der Waals surface area (Å²) in [6, 6.07) is 2.81. The Bertz CT molecular complexity index is 160. The average molecular weight is 182 g/mol. The summed E-state index contributed by atoms with van der Waals surface area (Å²) in [5.41, 5.74) is 0. The molecule has 0 bridgehead atoms. The van der Waals surface area contributed by atoms with Gasteiger partial charge in [0.2, 0.25) is 0 Å². The summed E-state index contributed by atoms with van der Waals surface area (Å²) in [6.07, 6.45) is 3.36. The van der Waals surface area contributed by atoms with Gasteiger partial charge in [-0.15, -0.1) is 0 Å². The predicted octanol–water partition coefficient (Wildman–Crippen LogP) is 2.70. The molecule has 0 spiro atoms. The van der Waals surface area contributed by atoms with Crippen molar-refractivity contribution in [3.05, 3.63) is 0 Å². The van der Waals surface area contributed by atoms with Gasteiger partial charge in [0.25, 0.3) is 0 Å². The first-order valence-electron chi connectivity index (χ1n) is 5.31. The molecule has 0 aliphatic rings. The van der Waals surface area contributed by atoms with Crippen LogP contribution in [-0.4, -0.2) is 12.1 Å². The normalized spacial score (nSPS) is 17.5. The third kappa shape index (κ3) is 4.90. The quantitative estimate of drug-likeness (QED) is 0.685. The Labute approximate surface area is 82.3 Å². The molecule has 0 aliphatic carbocycles. The highest BCUT2D eigenvalue weighted by atomic mass is 14.9. The summed E-state index contributed by atoms with van der Waals surface area (Å²) in [5.74, 6) is 0.462. The Hall–Kier alpha value is -0.550. The topological polar surface area (TPSA) is 35.8 Å². The van der Waals surface area contributed by atoms with Gasteiger partial charge in [-0.2, -0.15) is 5.26 Å². The molecule has 1 N–H and O–H groups in total. The Balaban J connectivity index is 3.95. The van der Waals surface area contributed by atoms with Crippen molar-refractivity contribution in [3.8, 4) is 6.07 Å².